The normalized spacial score (nSPS) is 10.6. The predicted octanol–water partition coefficient (Wildman–Crippen LogP) is 1.16. The van der Waals surface area contributed by atoms with Crippen molar-refractivity contribution in [2.45, 2.75) is 26.2 Å². The Morgan fingerprint density at radius 3 is 1.94 bits per heavy atom. The molecule has 0 atom stereocenters. The van der Waals surface area contributed by atoms with Crippen LogP contribution in [0.25, 0.3) is 0 Å². The molecule has 0 spiro atoms. The van der Waals surface area contributed by atoms with Crippen LogP contribution >= 0.6 is 0 Å². The molecular weight excluding hydrogens is 208 g/mol. The van der Waals surface area contributed by atoms with Crippen LogP contribution in [0, 0.1) is 5.41 Å². The van der Waals surface area contributed by atoms with Gasteiger partial charge in [-0.25, -0.2) is 0 Å². The van der Waals surface area contributed by atoms with Crippen molar-refractivity contribution in [2.75, 3.05) is 39.6 Å². The maximum absolute atomic E-state index is 6.97. The van der Waals surface area contributed by atoms with E-state index in [0.717, 1.165) is 19.4 Å². The van der Waals surface area contributed by atoms with Crippen LogP contribution in [0.4, 0.5) is 0 Å². The summed E-state index contributed by atoms with van der Waals surface area (Å²) < 4.78 is 15.8. The van der Waals surface area contributed by atoms with Crippen molar-refractivity contribution in [3.05, 3.63) is 0 Å². The minimum absolute atomic E-state index is 0.158. The van der Waals surface area contributed by atoms with Crippen LogP contribution in [0.15, 0.2) is 0 Å². The Bertz CT molecular complexity index is 165. The lowest BCUT2D eigenvalue weighted by Crippen LogP contribution is -2.14. The smallest absolute Gasteiger partial charge is 0.0928 e. The van der Waals surface area contributed by atoms with Gasteiger partial charge >= 0.3 is 0 Å². The van der Waals surface area contributed by atoms with Gasteiger partial charge in [-0.2, -0.15) is 0 Å². The summed E-state index contributed by atoms with van der Waals surface area (Å²) in [6, 6.07) is 0. The van der Waals surface area contributed by atoms with Crippen molar-refractivity contribution in [2.24, 2.45) is 5.73 Å². The van der Waals surface area contributed by atoms with Gasteiger partial charge in [0, 0.05) is 13.0 Å². The standard InChI is InChI=1S/C11H24N2O3/c1-2-3-5-14-7-9-16-10-8-15-6-4-11(12)13/h2-10H2,1H3,(H3,12,13). The molecule has 5 heteroatoms. The van der Waals surface area contributed by atoms with E-state index in [-0.39, 0.29) is 5.84 Å². The zero-order valence-electron chi connectivity index (χ0n) is 10.2. The molecule has 0 aromatic rings. The first-order valence-electron chi connectivity index (χ1n) is 5.83. The van der Waals surface area contributed by atoms with Gasteiger partial charge in [0.15, 0.2) is 0 Å². The lowest BCUT2D eigenvalue weighted by atomic mass is 10.4. The molecule has 0 aromatic heterocycles. The van der Waals surface area contributed by atoms with Crippen molar-refractivity contribution in [1.82, 2.24) is 0 Å². The van der Waals surface area contributed by atoms with E-state index >= 15 is 0 Å². The zero-order valence-corrected chi connectivity index (χ0v) is 10.2. The quantitative estimate of drug-likeness (QED) is 0.301. The topological polar surface area (TPSA) is 77.6 Å². The highest BCUT2D eigenvalue weighted by atomic mass is 16.5. The first kappa shape index (κ1) is 15.3. The van der Waals surface area contributed by atoms with E-state index in [1.807, 2.05) is 0 Å². The van der Waals surface area contributed by atoms with E-state index in [9.17, 15) is 0 Å². The minimum Gasteiger partial charge on any atom is -0.388 e. The highest BCUT2D eigenvalue weighted by Gasteiger charge is 1.92. The number of hydrogen-bond acceptors (Lipinski definition) is 4. The average Bonchev–Trinajstić information content (AvgIpc) is 2.25. The van der Waals surface area contributed by atoms with Gasteiger partial charge in [0.2, 0.25) is 0 Å². The molecule has 0 saturated carbocycles. The van der Waals surface area contributed by atoms with E-state index in [1.165, 1.54) is 0 Å². The van der Waals surface area contributed by atoms with Gasteiger partial charge in [-0.05, 0) is 6.42 Å². The Labute approximate surface area is 97.8 Å². The molecule has 0 aromatic carbocycles. The lowest BCUT2D eigenvalue weighted by molar-refractivity contribution is 0.0153. The van der Waals surface area contributed by atoms with Crippen LogP contribution in [0.1, 0.15) is 26.2 Å². The Morgan fingerprint density at radius 1 is 0.938 bits per heavy atom. The first-order chi connectivity index (χ1) is 7.77. The number of amidine groups is 1. The monoisotopic (exact) mass is 232 g/mol. The molecule has 0 fully saturated rings. The number of nitrogens with one attached hydrogen (secondary N) is 1. The number of nitrogens with two attached hydrogens (primary N) is 1. The fourth-order valence-electron chi connectivity index (χ4n) is 0.970. The van der Waals surface area contributed by atoms with E-state index < -0.39 is 0 Å². The van der Waals surface area contributed by atoms with Crippen molar-refractivity contribution in [3.8, 4) is 0 Å². The molecule has 0 radical (unpaired) electrons. The minimum atomic E-state index is 0.158. The van der Waals surface area contributed by atoms with Gasteiger partial charge in [0.25, 0.3) is 0 Å². The molecular formula is C11H24N2O3. The zero-order chi connectivity index (χ0) is 12.1. The van der Waals surface area contributed by atoms with Gasteiger partial charge in [-0.3, -0.25) is 5.41 Å². The third-order valence-electron chi connectivity index (χ3n) is 1.90. The average molecular weight is 232 g/mol. The summed E-state index contributed by atoms with van der Waals surface area (Å²) in [4.78, 5) is 0. The van der Waals surface area contributed by atoms with E-state index in [0.29, 0.717) is 39.5 Å². The predicted molar refractivity (Wildman–Crippen MR) is 63.9 cm³/mol. The van der Waals surface area contributed by atoms with Gasteiger partial charge in [-0.15, -0.1) is 0 Å². The summed E-state index contributed by atoms with van der Waals surface area (Å²) in [5.41, 5.74) is 5.17. The second-order valence-corrected chi connectivity index (χ2v) is 3.47. The van der Waals surface area contributed by atoms with E-state index in [1.54, 1.807) is 0 Å². The highest BCUT2D eigenvalue weighted by Crippen LogP contribution is 1.88. The molecule has 0 saturated heterocycles. The third kappa shape index (κ3) is 13.4. The molecule has 0 rings (SSSR count). The lowest BCUT2D eigenvalue weighted by Gasteiger charge is -2.06. The fourth-order valence-corrected chi connectivity index (χ4v) is 0.970. The van der Waals surface area contributed by atoms with Gasteiger partial charge in [0.05, 0.1) is 38.9 Å². The molecule has 0 aliphatic heterocycles. The van der Waals surface area contributed by atoms with E-state index in [2.05, 4.69) is 6.92 Å². The second kappa shape index (κ2) is 12.4. The largest absolute Gasteiger partial charge is 0.388 e. The third-order valence-corrected chi connectivity index (χ3v) is 1.90. The molecule has 0 aliphatic carbocycles. The Morgan fingerprint density at radius 2 is 1.44 bits per heavy atom. The van der Waals surface area contributed by atoms with Crippen LogP contribution in [0.3, 0.4) is 0 Å². The molecule has 5 nitrogen and oxygen atoms in total. The van der Waals surface area contributed by atoms with Crippen LogP contribution in [-0.4, -0.2) is 45.5 Å². The Kier molecular flexibility index (Phi) is 11.9. The van der Waals surface area contributed by atoms with E-state index in [4.69, 9.17) is 25.4 Å². The summed E-state index contributed by atoms with van der Waals surface area (Å²) in [5.74, 6) is 0.158. The molecule has 0 aliphatic rings. The number of ether oxygens (including phenoxy) is 3. The van der Waals surface area contributed by atoms with Crippen molar-refractivity contribution in [1.29, 1.82) is 5.41 Å². The second-order valence-electron chi connectivity index (χ2n) is 3.47. The number of rotatable bonds is 12. The molecule has 0 heterocycles. The molecule has 16 heavy (non-hydrogen) atoms. The number of hydrogen-bond donors (Lipinski definition) is 2. The van der Waals surface area contributed by atoms with Crippen molar-refractivity contribution < 1.29 is 14.2 Å². The highest BCUT2D eigenvalue weighted by molar-refractivity contribution is 5.76. The SMILES string of the molecule is CCCCOCCOCCOCCC(=N)N. The van der Waals surface area contributed by atoms with Crippen molar-refractivity contribution in [3.63, 3.8) is 0 Å². The fraction of sp³-hybridized carbons (Fsp3) is 0.909. The summed E-state index contributed by atoms with van der Waals surface area (Å²) in [6.45, 7) is 5.81. The van der Waals surface area contributed by atoms with Crippen LogP contribution in [0.5, 0.6) is 0 Å². The molecule has 0 amide bonds. The summed E-state index contributed by atoms with van der Waals surface area (Å²) in [7, 11) is 0. The van der Waals surface area contributed by atoms with Crippen molar-refractivity contribution >= 4 is 5.84 Å². The molecule has 96 valence electrons. The number of unbranched alkanes of at least 4 members (excludes halogenated alkanes) is 1. The molecule has 3 N–H and O–H groups in total. The summed E-state index contributed by atoms with van der Waals surface area (Å²) in [6.07, 6.45) is 2.75. The van der Waals surface area contributed by atoms with Gasteiger partial charge < -0.3 is 19.9 Å². The Balaban J connectivity index is 2.90. The maximum Gasteiger partial charge on any atom is 0.0928 e. The maximum atomic E-state index is 6.97. The Hall–Kier alpha value is -0.650. The van der Waals surface area contributed by atoms with Crippen LogP contribution in [-0.2, 0) is 14.2 Å². The van der Waals surface area contributed by atoms with Crippen LogP contribution < -0.4 is 5.73 Å². The van der Waals surface area contributed by atoms with Gasteiger partial charge in [-0.1, -0.05) is 13.3 Å². The summed E-state index contributed by atoms with van der Waals surface area (Å²) >= 11 is 0. The van der Waals surface area contributed by atoms with Crippen LogP contribution in [0.2, 0.25) is 0 Å². The molecule has 0 unspecified atom stereocenters. The summed E-state index contributed by atoms with van der Waals surface area (Å²) in [5, 5.41) is 6.97. The van der Waals surface area contributed by atoms with Gasteiger partial charge in [0.1, 0.15) is 0 Å². The molecule has 0 bridgehead atoms. The first-order valence-corrected chi connectivity index (χ1v) is 5.83.